The van der Waals surface area contributed by atoms with Crippen LogP contribution in [0.5, 0.6) is 0 Å². The van der Waals surface area contributed by atoms with Crippen LogP contribution in [-0.2, 0) is 4.79 Å². The molecule has 0 radical (unpaired) electrons. The number of carbonyl (C=O) groups excluding carboxylic acids is 1. The molecular weight excluding hydrogens is 174 g/mol. The third-order valence-corrected chi connectivity index (χ3v) is 2.19. The monoisotopic (exact) mass is 201 g/mol. The van der Waals surface area contributed by atoms with Crippen molar-refractivity contribution in [2.45, 2.75) is 67.0 Å². The van der Waals surface area contributed by atoms with E-state index in [0.29, 0.717) is 18.5 Å². The van der Waals surface area contributed by atoms with Crippen LogP contribution in [0.25, 0.3) is 0 Å². The van der Waals surface area contributed by atoms with Gasteiger partial charge >= 0.3 is 0 Å². The lowest BCUT2D eigenvalue weighted by Gasteiger charge is -2.28. The molecule has 14 heavy (non-hydrogen) atoms. The average molecular weight is 201 g/mol. The van der Waals surface area contributed by atoms with Gasteiger partial charge in [-0.2, -0.15) is 0 Å². The van der Waals surface area contributed by atoms with Gasteiger partial charge in [0.05, 0.1) is 0 Å². The van der Waals surface area contributed by atoms with E-state index in [-0.39, 0.29) is 5.78 Å². The predicted octanol–water partition coefficient (Wildman–Crippen LogP) is 3.11. The van der Waals surface area contributed by atoms with E-state index in [9.17, 15) is 4.79 Å². The summed E-state index contributed by atoms with van der Waals surface area (Å²) in [6.45, 7) is 15.8. The molecule has 0 N–H and O–H groups in total. The first-order valence-electron chi connectivity index (χ1n) is 5.61. The standard InChI is InChI=1S/C8H19N.C4H8O/c1-6-9(7(2)3)8(4)5;1-3-4(2)5/h7-8H,6H2,1-5H3;3H2,1-2H3. The second-order valence-electron chi connectivity index (χ2n) is 4.07. The molecule has 0 fully saturated rings. The van der Waals surface area contributed by atoms with E-state index in [2.05, 4.69) is 39.5 Å². The van der Waals surface area contributed by atoms with Crippen LogP contribution in [0.3, 0.4) is 0 Å². The SMILES string of the molecule is CCC(C)=O.CCN(C(C)C)C(C)C. The van der Waals surface area contributed by atoms with E-state index >= 15 is 0 Å². The number of carbonyl (C=O) groups is 1. The summed E-state index contributed by atoms with van der Waals surface area (Å²) >= 11 is 0. The maximum Gasteiger partial charge on any atom is 0.129 e. The highest BCUT2D eigenvalue weighted by atomic mass is 16.1. The molecule has 0 aliphatic heterocycles. The summed E-state index contributed by atoms with van der Waals surface area (Å²) in [7, 11) is 0. The third-order valence-electron chi connectivity index (χ3n) is 2.19. The first-order chi connectivity index (χ1) is 6.36. The lowest BCUT2D eigenvalue weighted by atomic mass is 10.2. The third kappa shape index (κ3) is 9.72. The van der Waals surface area contributed by atoms with Crippen molar-refractivity contribution in [2.24, 2.45) is 0 Å². The Morgan fingerprint density at radius 3 is 1.36 bits per heavy atom. The molecule has 0 aromatic rings. The summed E-state index contributed by atoms with van der Waals surface area (Å²) in [4.78, 5) is 12.3. The molecule has 0 aliphatic carbocycles. The highest BCUT2D eigenvalue weighted by molar-refractivity contribution is 5.74. The van der Waals surface area contributed by atoms with Gasteiger partial charge in [-0.05, 0) is 41.2 Å². The number of hydrogen-bond acceptors (Lipinski definition) is 2. The summed E-state index contributed by atoms with van der Waals surface area (Å²) in [6.07, 6.45) is 0.667. The molecule has 0 rings (SSSR count). The summed E-state index contributed by atoms with van der Waals surface area (Å²) in [5.41, 5.74) is 0. The van der Waals surface area contributed by atoms with Gasteiger partial charge in [0.2, 0.25) is 0 Å². The Hall–Kier alpha value is -0.370. The van der Waals surface area contributed by atoms with Crippen molar-refractivity contribution in [3.05, 3.63) is 0 Å². The fourth-order valence-electron chi connectivity index (χ4n) is 1.33. The Labute approximate surface area is 89.7 Å². The van der Waals surface area contributed by atoms with E-state index in [1.54, 1.807) is 6.92 Å². The Balaban J connectivity index is 0. The Morgan fingerprint density at radius 1 is 1.07 bits per heavy atom. The largest absolute Gasteiger partial charge is 0.300 e. The Kier molecular flexibility index (Phi) is 10.6. The van der Waals surface area contributed by atoms with Crippen LogP contribution in [0.2, 0.25) is 0 Å². The first kappa shape index (κ1) is 16.1. The number of rotatable bonds is 4. The van der Waals surface area contributed by atoms with E-state index in [4.69, 9.17) is 0 Å². The van der Waals surface area contributed by atoms with E-state index < -0.39 is 0 Å². The van der Waals surface area contributed by atoms with Crippen molar-refractivity contribution in [1.82, 2.24) is 4.90 Å². The fraction of sp³-hybridized carbons (Fsp3) is 0.917. The molecule has 0 unspecified atom stereocenters. The maximum atomic E-state index is 9.81. The summed E-state index contributed by atoms with van der Waals surface area (Å²) in [6, 6.07) is 1.38. The van der Waals surface area contributed by atoms with Gasteiger partial charge in [0.15, 0.2) is 0 Å². The molecule has 0 bridgehead atoms. The lowest BCUT2D eigenvalue weighted by Crippen LogP contribution is -2.36. The van der Waals surface area contributed by atoms with Crippen molar-refractivity contribution in [3.63, 3.8) is 0 Å². The highest BCUT2D eigenvalue weighted by Gasteiger charge is 2.08. The Morgan fingerprint density at radius 2 is 1.36 bits per heavy atom. The average Bonchev–Trinajstić information content (AvgIpc) is 2.05. The van der Waals surface area contributed by atoms with Gasteiger partial charge in [-0.15, -0.1) is 0 Å². The lowest BCUT2D eigenvalue weighted by molar-refractivity contribution is -0.116. The van der Waals surface area contributed by atoms with Gasteiger partial charge in [-0.25, -0.2) is 0 Å². The van der Waals surface area contributed by atoms with Crippen molar-refractivity contribution < 1.29 is 4.79 Å². The van der Waals surface area contributed by atoms with Gasteiger partial charge in [0, 0.05) is 18.5 Å². The zero-order chi connectivity index (χ0) is 11.7. The zero-order valence-corrected chi connectivity index (χ0v) is 10.9. The summed E-state index contributed by atoms with van der Waals surface area (Å²) < 4.78 is 0. The molecule has 0 aromatic carbocycles. The molecule has 0 spiro atoms. The Bertz CT molecular complexity index is 133. The van der Waals surface area contributed by atoms with Gasteiger partial charge < -0.3 is 4.79 Å². The van der Waals surface area contributed by atoms with Crippen LogP contribution in [0, 0.1) is 0 Å². The first-order valence-corrected chi connectivity index (χ1v) is 5.61. The molecule has 2 heteroatoms. The van der Waals surface area contributed by atoms with Crippen molar-refractivity contribution in [2.75, 3.05) is 6.54 Å². The van der Waals surface area contributed by atoms with Gasteiger partial charge in [0.1, 0.15) is 5.78 Å². The normalized spacial score (nSPS) is 10.4. The zero-order valence-electron chi connectivity index (χ0n) is 10.9. The molecule has 0 saturated heterocycles. The van der Waals surface area contributed by atoms with Gasteiger partial charge in [0.25, 0.3) is 0 Å². The molecule has 0 saturated carbocycles. The molecule has 0 amide bonds. The van der Waals surface area contributed by atoms with Crippen molar-refractivity contribution in [3.8, 4) is 0 Å². The van der Waals surface area contributed by atoms with Crippen LogP contribution in [0.15, 0.2) is 0 Å². The topological polar surface area (TPSA) is 20.3 Å². The van der Waals surface area contributed by atoms with Crippen LogP contribution in [-0.4, -0.2) is 29.3 Å². The molecule has 2 nitrogen and oxygen atoms in total. The fourth-order valence-corrected chi connectivity index (χ4v) is 1.33. The molecule has 0 aliphatic rings. The minimum absolute atomic E-state index is 0.255. The molecule has 0 aromatic heterocycles. The van der Waals surface area contributed by atoms with Crippen molar-refractivity contribution >= 4 is 5.78 Å². The maximum absolute atomic E-state index is 9.81. The number of ketones is 1. The number of nitrogens with zero attached hydrogens (tertiary/aromatic N) is 1. The van der Waals surface area contributed by atoms with E-state index in [1.165, 1.54) is 0 Å². The molecule has 0 atom stereocenters. The van der Waals surface area contributed by atoms with Crippen LogP contribution in [0.4, 0.5) is 0 Å². The molecule has 86 valence electrons. The van der Waals surface area contributed by atoms with E-state index in [0.717, 1.165) is 6.54 Å². The van der Waals surface area contributed by atoms with Crippen LogP contribution >= 0.6 is 0 Å². The summed E-state index contributed by atoms with van der Waals surface area (Å²) in [5.74, 6) is 0.255. The highest BCUT2D eigenvalue weighted by Crippen LogP contribution is 2.02. The van der Waals surface area contributed by atoms with Crippen LogP contribution in [0.1, 0.15) is 54.9 Å². The van der Waals surface area contributed by atoms with Crippen molar-refractivity contribution in [1.29, 1.82) is 0 Å². The number of Topliss-reactive ketones (excluding diaryl/α,β-unsaturated/α-hetero) is 1. The molecule has 0 heterocycles. The summed E-state index contributed by atoms with van der Waals surface area (Å²) in [5, 5.41) is 0. The number of hydrogen-bond donors (Lipinski definition) is 0. The van der Waals surface area contributed by atoms with Gasteiger partial charge in [-0.1, -0.05) is 13.8 Å². The van der Waals surface area contributed by atoms with E-state index in [1.807, 2.05) is 6.92 Å². The quantitative estimate of drug-likeness (QED) is 0.696. The van der Waals surface area contributed by atoms with Gasteiger partial charge in [-0.3, -0.25) is 4.90 Å². The minimum Gasteiger partial charge on any atom is -0.300 e. The minimum atomic E-state index is 0.255. The van der Waals surface area contributed by atoms with Crippen LogP contribution < -0.4 is 0 Å². The smallest absolute Gasteiger partial charge is 0.129 e. The second-order valence-corrected chi connectivity index (χ2v) is 4.07. The second kappa shape index (κ2) is 9.20. The predicted molar refractivity (Wildman–Crippen MR) is 63.6 cm³/mol. The molecular formula is C12H27NO.